The molecule has 29 heavy (non-hydrogen) atoms. The number of thioether (sulfide) groups is 1. The molecule has 1 aromatic heterocycles. The number of benzene rings is 2. The van der Waals surface area contributed by atoms with Crippen LogP contribution >= 0.6 is 11.8 Å². The normalized spacial score (nSPS) is 11.9. The molecule has 0 spiro atoms. The number of rotatable bonds is 7. The Bertz CT molecular complexity index is 1150. The van der Waals surface area contributed by atoms with Crippen molar-refractivity contribution in [3.8, 4) is 0 Å². The fourth-order valence-electron chi connectivity index (χ4n) is 2.98. The Morgan fingerprint density at radius 2 is 2.00 bits per heavy atom. The fourth-order valence-corrected chi connectivity index (χ4v) is 4.40. The summed E-state index contributed by atoms with van der Waals surface area (Å²) in [6.45, 7) is 6.82. The third-order valence-corrected chi connectivity index (χ3v) is 6.39. The Labute approximate surface area is 174 Å². The van der Waals surface area contributed by atoms with Crippen LogP contribution in [0.5, 0.6) is 0 Å². The van der Waals surface area contributed by atoms with Gasteiger partial charge in [0.1, 0.15) is 0 Å². The van der Waals surface area contributed by atoms with Crippen molar-refractivity contribution < 1.29 is 13.2 Å². The number of carbonyl (C=O) groups excluding carboxylic acids is 1. The van der Waals surface area contributed by atoms with Crippen LogP contribution in [0.15, 0.2) is 52.5 Å². The molecule has 1 amide bonds. The van der Waals surface area contributed by atoms with Gasteiger partial charge < -0.3 is 9.88 Å². The van der Waals surface area contributed by atoms with Crippen LogP contribution in [0.25, 0.3) is 11.0 Å². The number of nitrogens with two attached hydrogens (primary N) is 1. The van der Waals surface area contributed by atoms with E-state index in [9.17, 15) is 13.2 Å². The number of nitrogens with zero attached hydrogens (tertiary/aromatic N) is 2. The summed E-state index contributed by atoms with van der Waals surface area (Å²) < 4.78 is 25.1. The summed E-state index contributed by atoms with van der Waals surface area (Å²) in [6, 6.07) is 12.4. The largest absolute Gasteiger partial charge is 0.325 e. The second kappa shape index (κ2) is 8.56. The summed E-state index contributed by atoms with van der Waals surface area (Å²) in [7, 11) is -3.79. The van der Waals surface area contributed by atoms with Gasteiger partial charge >= 0.3 is 0 Å². The van der Waals surface area contributed by atoms with E-state index in [1.54, 1.807) is 6.07 Å². The molecule has 0 atom stereocenters. The number of fused-ring (bicyclic) bond motifs is 1. The molecule has 3 N–H and O–H groups in total. The minimum absolute atomic E-state index is 0.0186. The molecule has 3 rings (SSSR count). The molecular weight excluding hydrogens is 408 g/mol. The van der Waals surface area contributed by atoms with Crippen LogP contribution < -0.4 is 10.5 Å². The molecule has 0 aliphatic rings. The number of nitrogens with one attached hydrogen (secondary N) is 1. The predicted molar refractivity (Wildman–Crippen MR) is 117 cm³/mol. The highest BCUT2D eigenvalue weighted by molar-refractivity contribution is 7.99. The Hall–Kier alpha value is -2.36. The maximum atomic E-state index is 12.4. The lowest BCUT2D eigenvalue weighted by molar-refractivity contribution is -0.113. The highest BCUT2D eigenvalue weighted by Crippen LogP contribution is 2.26. The molecule has 9 heteroatoms. The zero-order valence-electron chi connectivity index (χ0n) is 16.5. The van der Waals surface area contributed by atoms with E-state index in [1.165, 1.54) is 23.9 Å². The molecule has 0 aliphatic heterocycles. The van der Waals surface area contributed by atoms with Gasteiger partial charge in [-0.25, -0.2) is 18.5 Å². The molecule has 0 aliphatic carbocycles. The molecule has 2 aromatic carbocycles. The van der Waals surface area contributed by atoms with Crippen molar-refractivity contribution in [2.24, 2.45) is 5.14 Å². The summed E-state index contributed by atoms with van der Waals surface area (Å²) >= 11 is 1.31. The van der Waals surface area contributed by atoms with Crippen LogP contribution in [0.3, 0.4) is 0 Å². The van der Waals surface area contributed by atoms with Crippen LogP contribution in [0.4, 0.5) is 5.69 Å². The lowest BCUT2D eigenvalue weighted by atomic mass is 10.0. The van der Waals surface area contributed by atoms with E-state index in [-0.39, 0.29) is 16.6 Å². The number of anilines is 1. The zero-order valence-corrected chi connectivity index (χ0v) is 18.2. The van der Waals surface area contributed by atoms with Gasteiger partial charge in [-0.3, -0.25) is 4.79 Å². The first-order valence-corrected chi connectivity index (χ1v) is 11.8. The van der Waals surface area contributed by atoms with Gasteiger partial charge in [-0.2, -0.15) is 0 Å². The topological polar surface area (TPSA) is 107 Å². The van der Waals surface area contributed by atoms with Gasteiger partial charge in [0.25, 0.3) is 0 Å². The van der Waals surface area contributed by atoms with E-state index < -0.39 is 10.0 Å². The smallest absolute Gasteiger partial charge is 0.238 e. The van der Waals surface area contributed by atoms with Crippen LogP contribution in [0.2, 0.25) is 0 Å². The average molecular weight is 433 g/mol. The quantitative estimate of drug-likeness (QED) is 0.555. The van der Waals surface area contributed by atoms with Gasteiger partial charge in [-0.15, -0.1) is 0 Å². The second-order valence-electron chi connectivity index (χ2n) is 6.95. The number of aromatic nitrogens is 2. The lowest BCUT2D eigenvalue weighted by Crippen LogP contribution is -2.14. The van der Waals surface area contributed by atoms with Crippen molar-refractivity contribution in [2.75, 3.05) is 11.1 Å². The standard InChI is InChI=1S/C20H24N4O3S2/c1-4-24-18-9-8-16(29(21,26)27)11-17(18)23-20(24)28-12-19(25)22-15-7-5-6-14(10-15)13(2)3/h5-11,13H,4,12H2,1-3H3,(H,22,25)(H2,21,26,27). The van der Waals surface area contributed by atoms with Crippen LogP contribution in [-0.2, 0) is 21.4 Å². The number of hydrogen-bond acceptors (Lipinski definition) is 5. The van der Waals surface area contributed by atoms with Crippen molar-refractivity contribution in [1.82, 2.24) is 9.55 Å². The number of amides is 1. The Kier molecular flexibility index (Phi) is 6.30. The number of sulfonamides is 1. The molecule has 0 bridgehead atoms. The molecule has 154 valence electrons. The van der Waals surface area contributed by atoms with E-state index in [0.717, 1.165) is 16.8 Å². The molecular formula is C20H24N4O3S2. The monoisotopic (exact) mass is 432 g/mol. The molecule has 0 saturated heterocycles. The molecule has 0 unspecified atom stereocenters. The third-order valence-electron chi connectivity index (χ3n) is 4.50. The van der Waals surface area contributed by atoms with E-state index in [4.69, 9.17) is 5.14 Å². The average Bonchev–Trinajstić information content (AvgIpc) is 3.02. The zero-order chi connectivity index (χ0) is 21.2. The molecule has 1 heterocycles. The molecule has 7 nitrogen and oxygen atoms in total. The minimum Gasteiger partial charge on any atom is -0.325 e. The van der Waals surface area contributed by atoms with Gasteiger partial charge in [0.05, 0.1) is 21.7 Å². The highest BCUT2D eigenvalue weighted by atomic mass is 32.2. The van der Waals surface area contributed by atoms with Crippen molar-refractivity contribution in [2.45, 2.75) is 43.3 Å². The van der Waals surface area contributed by atoms with Gasteiger partial charge in [-0.1, -0.05) is 37.7 Å². The maximum Gasteiger partial charge on any atom is 0.238 e. The number of carbonyl (C=O) groups is 1. The van der Waals surface area contributed by atoms with Crippen molar-refractivity contribution >= 4 is 44.4 Å². The van der Waals surface area contributed by atoms with Crippen LogP contribution in [0.1, 0.15) is 32.3 Å². The number of imidazole rings is 1. The first-order chi connectivity index (χ1) is 13.7. The molecule has 0 fully saturated rings. The molecule has 3 aromatic rings. The summed E-state index contributed by atoms with van der Waals surface area (Å²) in [5.41, 5.74) is 3.26. The Balaban J connectivity index is 1.76. The highest BCUT2D eigenvalue weighted by Gasteiger charge is 2.15. The first kappa shape index (κ1) is 21.4. The minimum atomic E-state index is -3.79. The second-order valence-corrected chi connectivity index (χ2v) is 9.46. The van der Waals surface area contributed by atoms with Gasteiger partial charge in [-0.05, 0) is 48.7 Å². The van der Waals surface area contributed by atoms with E-state index in [1.807, 2.05) is 35.8 Å². The summed E-state index contributed by atoms with van der Waals surface area (Å²) in [5.74, 6) is 0.445. The van der Waals surface area contributed by atoms with E-state index in [0.29, 0.717) is 23.1 Å². The Morgan fingerprint density at radius 3 is 2.66 bits per heavy atom. The summed E-state index contributed by atoms with van der Waals surface area (Å²) in [5, 5.41) is 8.77. The van der Waals surface area contributed by atoms with Gasteiger partial charge in [0, 0.05) is 12.2 Å². The maximum absolute atomic E-state index is 12.4. The van der Waals surface area contributed by atoms with Crippen LogP contribution in [0, 0.1) is 0 Å². The van der Waals surface area contributed by atoms with Crippen molar-refractivity contribution in [1.29, 1.82) is 0 Å². The predicted octanol–water partition coefficient (Wildman–Crippen LogP) is 3.56. The number of hydrogen-bond donors (Lipinski definition) is 2. The third kappa shape index (κ3) is 4.98. The van der Waals surface area contributed by atoms with E-state index >= 15 is 0 Å². The van der Waals surface area contributed by atoms with Crippen molar-refractivity contribution in [3.05, 3.63) is 48.0 Å². The number of aryl methyl sites for hydroxylation is 1. The molecule has 0 saturated carbocycles. The SMILES string of the molecule is CCn1c(SCC(=O)Nc2cccc(C(C)C)c2)nc2cc(S(N)(=O)=O)ccc21. The Morgan fingerprint density at radius 1 is 1.24 bits per heavy atom. The summed E-state index contributed by atoms with van der Waals surface area (Å²) in [6.07, 6.45) is 0. The van der Waals surface area contributed by atoms with Crippen LogP contribution in [-0.4, -0.2) is 29.6 Å². The first-order valence-electron chi connectivity index (χ1n) is 9.24. The number of primary sulfonamides is 1. The van der Waals surface area contributed by atoms with Gasteiger partial charge in [0.2, 0.25) is 15.9 Å². The van der Waals surface area contributed by atoms with Gasteiger partial charge in [0.15, 0.2) is 5.16 Å². The lowest BCUT2D eigenvalue weighted by Gasteiger charge is -2.10. The van der Waals surface area contributed by atoms with E-state index in [2.05, 4.69) is 24.1 Å². The molecule has 0 radical (unpaired) electrons. The fraction of sp³-hybridized carbons (Fsp3) is 0.300. The summed E-state index contributed by atoms with van der Waals surface area (Å²) in [4.78, 5) is 16.9. The van der Waals surface area contributed by atoms with Crippen molar-refractivity contribution in [3.63, 3.8) is 0 Å².